The average Bonchev–Trinajstić information content (AvgIpc) is 3.37. The van der Waals surface area contributed by atoms with Crippen molar-refractivity contribution in [3.05, 3.63) is 165 Å². The Morgan fingerprint density at radius 3 is 2.04 bits per heavy atom. The Hall–Kier alpha value is -4.60. The minimum Gasteiger partial charge on any atom is -0.493 e. The van der Waals surface area contributed by atoms with Gasteiger partial charge in [-0.3, -0.25) is 0 Å². The number of hydrogen-bond acceptors (Lipinski definition) is 4. The first kappa shape index (κ1) is 33.3. The molecule has 1 aromatic heterocycles. The van der Waals surface area contributed by atoms with Crippen molar-refractivity contribution in [1.29, 1.82) is 0 Å². The molecule has 6 rings (SSSR count). The molecule has 0 atom stereocenters. The molecule has 244 valence electrons. The van der Waals surface area contributed by atoms with Gasteiger partial charge >= 0.3 is 5.97 Å². The van der Waals surface area contributed by atoms with E-state index < -0.39 is 16.0 Å². The molecule has 6 aromatic rings. The van der Waals surface area contributed by atoms with E-state index in [-0.39, 0.29) is 34.7 Å². The molecular weight excluding hydrogens is 667 g/mol. The molecule has 0 saturated heterocycles. The standard InChI is InChI=1S/C38H32Cl2N2O5S/c39-29-17-20-34-32(25-29)31(22-24-47-30-18-15-28(16-19-30)38(43)44)35(21-23-41-48(45,46)36-14-8-7-13-33(36)40)42(34)37(26-9-3-1-4-10-26)27-11-5-2-6-12-27/h1-20,25,37,41H,21-24H2,(H,43,44). The van der Waals surface area contributed by atoms with E-state index in [4.69, 9.17) is 27.9 Å². The number of carboxylic acids is 1. The van der Waals surface area contributed by atoms with Crippen molar-refractivity contribution in [3.8, 4) is 5.75 Å². The van der Waals surface area contributed by atoms with E-state index in [1.807, 2.05) is 54.6 Å². The van der Waals surface area contributed by atoms with Gasteiger partial charge in [-0.25, -0.2) is 17.9 Å². The lowest BCUT2D eigenvalue weighted by Crippen LogP contribution is -2.27. The van der Waals surface area contributed by atoms with E-state index >= 15 is 0 Å². The highest BCUT2D eigenvalue weighted by molar-refractivity contribution is 7.89. The van der Waals surface area contributed by atoms with Gasteiger partial charge in [0.05, 0.1) is 23.2 Å². The van der Waals surface area contributed by atoms with Gasteiger partial charge in [0, 0.05) is 41.0 Å². The minimum absolute atomic E-state index is 0.0213. The molecule has 2 N–H and O–H groups in total. The Balaban J connectivity index is 1.44. The van der Waals surface area contributed by atoms with Crippen molar-refractivity contribution in [2.24, 2.45) is 0 Å². The summed E-state index contributed by atoms with van der Waals surface area (Å²) in [4.78, 5) is 11.3. The molecule has 0 aliphatic carbocycles. The lowest BCUT2D eigenvalue weighted by molar-refractivity contribution is 0.0697. The van der Waals surface area contributed by atoms with Crippen molar-refractivity contribution in [2.45, 2.75) is 23.8 Å². The van der Waals surface area contributed by atoms with E-state index in [2.05, 4.69) is 33.6 Å². The van der Waals surface area contributed by atoms with E-state index in [1.54, 1.807) is 30.3 Å². The first-order valence-corrected chi connectivity index (χ1v) is 17.6. The lowest BCUT2D eigenvalue weighted by atomic mass is 9.97. The van der Waals surface area contributed by atoms with Crippen LogP contribution in [0.25, 0.3) is 10.9 Å². The van der Waals surface area contributed by atoms with Crippen LogP contribution in [0.4, 0.5) is 0 Å². The molecular formula is C38H32Cl2N2O5S. The summed E-state index contributed by atoms with van der Waals surface area (Å²) in [5.41, 5.74) is 5.15. The number of nitrogens with zero attached hydrogens (tertiary/aromatic N) is 1. The molecule has 0 amide bonds. The molecule has 7 nitrogen and oxygen atoms in total. The first-order chi connectivity index (χ1) is 23.2. The fraction of sp³-hybridized carbons (Fsp3) is 0.132. The summed E-state index contributed by atoms with van der Waals surface area (Å²) in [5, 5.41) is 10.9. The molecule has 0 aliphatic rings. The number of benzene rings is 5. The second-order valence-corrected chi connectivity index (χ2v) is 13.8. The Morgan fingerprint density at radius 1 is 0.792 bits per heavy atom. The number of carboxylic acid groups (broad SMARTS) is 1. The normalized spacial score (nSPS) is 11.6. The molecule has 0 radical (unpaired) electrons. The number of sulfonamides is 1. The minimum atomic E-state index is -3.89. The highest BCUT2D eigenvalue weighted by atomic mass is 35.5. The van der Waals surface area contributed by atoms with Gasteiger partial charge in [-0.05, 0) is 71.3 Å². The second kappa shape index (κ2) is 14.7. The van der Waals surface area contributed by atoms with Crippen LogP contribution in [-0.4, -0.2) is 37.2 Å². The molecule has 48 heavy (non-hydrogen) atoms. The van der Waals surface area contributed by atoms with Gasteiger partial charge in [0.25, 0.3) is 0 Å². The van der Waals surface area contributed by atoms with Crippen LogP contribution in [0, 0.1) is 0 Å². The number of aromatic carboxylic acids is 1. The zero-order valence-electron chi connectivity index (χ0n) is 25.7. The maximum atomic E-state index is 13.3. The van der Waals surface area contributed by atoms with Crippen molar-refractivity contribution >= 4 is 50.1 Å². The highest BCUT2D eigenvalue weighted by Gasteiger charge is 2.26. The zero-order valence-corrected chi connectivity index (χ0v) is 28.1. The van der Waals surface area contributed by atoms with Crippen LogP contribution in [0.1, 0.15) is 38.8 Å². The van der Waals surface area contributed by atoms with Gasteiger partial charge in [-0.2, -0.15) is 0 Å². The fourth-order valence-electron chi connectivity index (χ4n) is 6.02. The Morgan fingerprint density at radius 2 is 1.42 bits per heavy atom. The Kier molecular flexibility index (Phi) is 10.2. The number of ether oxygens (including phenoxy) is 1. The summed E-state index contributed by atoms with van der Waals surface area (Å²) in [7, 11) is -3.89. The first-order valence-electron chi connectivity index (χ1n) is 15.3. The topological polar surface area (TPSA) is 97.6 Å². The fourth-order valence-corrected chi connectivity index (χ4v) is 7.74. The summed E-state index contributed by atoms with van der Waals surface area (Å²) in [5.74, 6) is -0.463. The van der Waals surface area contributed by atoms with Crippen molar-refractivity contribution in [2.75, 3.05) is 13.2 Å². The molecule has 10 heteroatoms. The molecule has 5 aromatic carbocycles. The predicted octanol–water partition coefficient (Wildman–Crippen LogP) is 8.43. The van der Waals surface area contributed by atoms with Crippen LogP contribution in [0.15, 0.2) is 132 Å². The maximum absolute atomic E-state index is 13.3. The molecule has 0 bridgehead atoms. The maximum Gasteiger partial charge on any atom is 0.335 e. The molecule has 0 unspecified atom stereocenters. The van der Waals surface area contributed by atoms with Crippen molar-refractivity contribution in [1.82, 2.24) is 9.29 Å². The van der Waals surface area contributed by atoms with Gasteiger partial charge in [0.1, 0.15) is 10.6 Å². The van der Waals surface area contributed by atoms with Crippen LogP contribution in [0.3, 0.4) is 0 Å². The summed E-state index contributed by atoms with van der Waals surface area (Å²) < 4.78 is 37.8. The van der Waals surface area contributed by atoms with E-state index in [0.29, 0.717) is 23.6 Å². The molecule has 0 saturated carbocycles. The number of nitrogens with one attached hydrogen (secondary N) is 1. The monoisotopic (exact) mass is 698 g/mol. The number of carbonyl (C=O) groups is 1. The molecule has 0 fully saturated rings. The van der Waals surface area contributed by atoms with Gasteiger partial charge in [0.2, 0.25) is 10.0 Å². The summed E-state index contributed by atoms with van der Waals surface area (Å²) in [6.45, 7) is 0.399. The zero-order chi connectivity index (χ0) is 33.7. The van der Waals surface area contributed by atoms with E-state index in [0.717, 1.165) is 33.3 Å². The second-order valence-electron chi connectivity index (χ2n) is 11.2. The van der Waals surface area contributed by atoms with Crippen LogP contribution >= 0.6 is 23.2 Å². The summed E-state index contributed by atoms with van der Waals surface area (Å²) >= 11 is 12.8. The number of aromatic nitrogens is 1. The smallest absolute Gasteiger partial charge is 0.335 e. The number of halogens is 2. The SMILES string of the molecule is O=C(O)c1ccc(OCCc2c(CCNS(=O)(=O)c3ccccc3Cl)n(C(c3ccccc3)c3ccccc3)c3ccc(Cl)cc23)cc1. The highest BCUT2D eigenvalue weighted by Crippen LogP contribution is 2.38. The van der Waals surface area contributed by atoms with E-state index in [1.165, 1.54) is 18.2 Å². The third kappa shape index (κ3) is 7.27. The van der Waals surface area contributed by atoms with Crippen LogP contribution in [0.5, 0.6) is 5.75 Å². The third-order valence-corrected chi connectivity index (χ3v) is 10.4. The van der Waals surface area contributed by atoms with Gasteiger partial charge < -0.3 is 14.4 Å². The number of rotatable bonds is 13. The Labute approximate surface area is 289 Å². The lowest BCUT2D eigenvalue weighted by Gasteiger charge is -2.25. The van der Waals surface area contributed by atoms with Crippen LogP contribution < -0.4 is 9.46 Å². The summed E-state index contributed by atoms with van der Waals surface area (Å²) in [6, 6.07) is 38.6. The van der Waals surface area contributed by atoms with Gasteiger partial charge in [-0.15, -0.1) is 0 Å². The number of fused-ring (bicyclic) bond motifs is 1. The largest absolute Gasteiger partial charge is 0.493 e. The predicted molar refractivity (Wildman–Crippen MR) is 190 cm³/mol. The number of hydrogen-bond donors (Lipinski definition) is 2. The Bertz CT molecular complexity index is 2110. The van der Waals surface area contributed by atoms with Crippen LogP contribution in [-0.2, 0) is 22.9 Å². The molecule has 0 spiro atoms. The molecule has 0 aliphatic heterocycles. The van der Waals surface area contributed by atoms with Crippen molar-refractivity contribution in [3.63, 3.8) is 0 Å². The average molecular weight is 700 g/mol. The van der Waals surface area contributed by atoms with E-state index in [9.17, 15) is 18.3 Å². The quantitative estimate of drug-likeness (QED) is 0.126. The van der Waals surface area contributed by atoms with Gasteiger partial charge in [0.15, 0.2) is 0 Å². The van der Waals surface area contributed by atoms with Crippen molar-refractivity contribution < 1.29 is 23.1 Å². The summed E-state index contributed by atoms with van der Waals surface area (Å²) in [6.07, 6.45) is 0.836. The van der Waals surface area contributed by atoms with Crippen LogP contribution in [0.2, 0.25) is 10.0 Å². The molecule has 1 heterocycles. The van der Waals surface area contributed by atoms with Gasteiger partial charge in [-0.1, -0.05) is 96.0 Å². The third-order valence-electron chi connectivity index (χ3n) is 8.17.